The van der Waals surface area contributed by atoms with Gasteiger partial charge in [0.05, 0.1) is 12.3 Å². The van der Waals surface area contributed by atoms with Gasteiger partial charge in [-0.3, -0.25) is 5.10 Å². The monoisotopic (exact) mass is 183 g/mol. The van der Waals surface area contributed by atoms with Gasteiger partial charge in [0.15, 0.2) is 0 Å². The SMILES string of the molecule is CC(C)CCC(O)c1cn[nH]c1N. The Hall–Kier alpha value is -1.03. The first-order valence-electron chi connectivity index (χ1n) is 4.58. The van der Waals surface area contributed by atoms with E-state index in [-0.39, 0.29) is 0 Å². The number of hydrogen-bond donors (Lipinski definition) is 3. The van der Waals surface area contributed by atoms with Crippen LogP contribution in [0.3, 0.4) is 0 Å². The van der Waals surface area contributed by atoms with Crippen molar-refractivity contribution in [2.45, 2.75) is 32.8 Å². The number of nitrogens with one attached hydrogen (secondary N) is 1. The first-order valence-corrected chi connectivity index (χ1v) is 4.58. The van der Waals surface area contributed by atoms with Crippen molar-refractivity contribution in [3.05, 3.63) is 11.8 Å². The Morgan fingerprint density at radius 3 is 2.69 bits per heavy atom. The summed E-state index contributed by atoms with van der Waals surface area (Å²) in [6, 6.07) is 0. The molecule has 4 nitrogen and oxygen atoms in total. The zero-order chi connectivity index (χ0) is 9.84. The number of hydrogen-bond acceptors (Lipinski definition) is 3. The van der Waals surface area contributed by atoms with E-state index in [2.05, 4.69) is 24.0 Å². The van der Waals surface area contributed by atoms with E-state index in [0.717, 1.165) is 12.8 Å². The molecule has 1 unspecified atom stereocenters. The molecule has 0 amide bonds. The molecule has 0 saturated carbocycles. The minimum atomic E-state index is -0.485. The average Bonchev–Trinajstić information content (AvgIpc) is 2.47. The standard InChI is InChI=1S/C9H17N3O/c1-6(2)3-4-8(13)7-5-11-12-9(7)10/h5-6,8,13H,3-4H2,1-2H3,(H3,10,11,12). The van der Waals surface area contributed by atoms with Gasteiger partial charge in [0.1, 0.15) is 5.82 Å². The van der Waals surface area contributed by atoms with Gasteiger partial charge in [0.2, 0.25) is 0 Å². The maximum Gasteiger partial charge on any atom is 0.124 e. The summed E-state index contributed by atoms with van der Waals surface area (Å²) in [5.74, 6) is 1.07. The Morgan fingerprint density at radius 1 is 1.54 bits per heavy atom. The predicted octanol–water partition coefficient (Wildman–Crippen LogP) is 1.46. The molecule has 0 aliphatic rings. The lowest BCUT2D eigenvalue weighted by atomic mass is 10.0. The van der Waals surface area contributed by atoms with Crippen LogP contribution in [0.1, 0.15) is 38.4 Å². The molecule has 0 spiro atoms. The highest BCUT2D eigenvalue weighted by molar-refractivity contribution is 5.38. The topological polar surface area (TPSA) is 74.9 Å². The highest BCUT2D eigenvalue weighted by atomic mass is 16.3. The van der Waals surface area contributed by atoms with Gasteiger partial charge in [-0.1, -0.05) is 13.8 Å². The molecule has 0 radical (unpaired) electrons. The number of aromatic nitrogens is 2. The number of rotatable bonds is 4. The van der Waals surface area contributed by atoms with Crippen LogP contribution in [0.4, 0.5) is 5.82 Å². The summed E-state index contributed by atoms with van der Waals surface area (Å²) in [6.07, 6.45) is 2.83. The van der Waals surface area contributed by atoms with Gasteiger partial charge in [0.25, 0.3) is 0 Å². The molecular formula is C9H17N3O. The van der Waals surface area contributed by atoms with Crippen LogP contribution in [0.15, 0.2) is 6.20 Å². The number of H-pyrrole nitrogens is 1. The molecule has 0 aromatic carbocycles. The fraction of sp³-hybridized carbons (Fsp3) is 0.667. The van der Waals surface area contributed by atoms with Crippen LogP contribution in [-0.2, 0) is 0 Å². The number of aromatic amines is 1. The molecule has 0 aliphatic heterocycles. The fourth-order valence-electron chi connectivity index (χ4n) is 1.22. The molecule has 74 valence electrons. The predicted molar refractivity (Wildman–Crippen MR) is 52.0 cm³/mol. The number of anilines is 1. The van der Waals surface area contributed by atoms with Gasteiger partial charge in [0, 0.05) is 5.56 Å². The van der Waals surface area contributed by atoms with Crippen LogP contribution in [0.2, 0.25) is 0 Å². The van der Waals surface area contributed by atoms with Gasteiger partial charge < -0.3 is 10.8 Å². The molecule has 0 fully saturated rings. The highest BCUT2D eigenvalue weighted by Gasteiger charge is 2.12. The van der Waals surface area contributed by atoms with Crippen LogP contribution in [0.5, 0.6) is 0 Å². The number of nitrogens with zero attached hydrogens (tertiary/aromatic N) is 1. The van der Waals surface area contributed by atoms with Crippen molar-refractivity contribution in [3.63, 3.8) is 0 Å². The Kier molecular flexibility index (Phi) is 3.31. The zero-order valence-corrected chi connectivity index (χ0v) is 8.12. The molecule has 1 aromatic heterocycles. The van der Waals surface area contributed by atoms with Gasteiger partial charge in [-0.15, -0.1) is 0 Å². The zero-order valence-electron chi connectivity index (χ0n) is 8.12. The molecule has 1 heterocycles. The van der Waals surface area contributed by atoms with Crippen LogP contribution < -0.4 is 5.73 Å². The highest BCUT2D eigenvalue weighted by Crippen LogP contribution is 2.23. The normalized spacial score (nSPS) is 13.5. The van der Waals surface area contributed by atoms with Crippen molar-refractivity contribution in [1.29, 1.82) is 0 Å². The van der Waals surface area contributed by atoms with E-state index in [1.54, 1.807) is 6.20 Å². The van der Waals surface area contributed by atoms with Crippen molar-refractivity contribution in [2.24, 2.45) is 5.92 Å². The number of aliphatic hydroxyl groups excluding tert-OH is 1. The molecule has 0 saturated heterocycles. The Morgan fingerprint density at radius 2 is 2.23 bits per heavy atom. The van der Waals surface area contributed by atoms with E-state index in [1.165, 1.54) is 0 Å². The van der Waals surface area contributed by atoms with E-state index >= 15 is 0 Å². The van der Waals surface area contributed by atoms with E-state index in [1.807, 2.05) is 0 Å². The summed E-state index contributed by atoms with van der Waals surface area (Å²) in [7, 11) is 0. The maximum atomic E-state index is 9.70. The third-order valence-electron chi connectivity index (χ3n) is 2.08. The summed E-state index contributed by atoms with van der Waals surface area (Å²) >= 11 is 0. The van der Waals surface area contributed by atoms with E-state index < -0.39 is 6.10 Å². The minimum Gasteiger partial charge on any atom is -0.388 e. The first-order chi connectivity index (χ1) is 6.11. The lowest BCUT2D eigenvalue weighted by molar-refractivity contribution is 0.160. The summed E-state index contributed by atoms with van der Waals surface area (Å²) in [5, 5.41) is 16.1. The second-order valence-corrected chi connectivity index (χ2v) is 3.73. The number of nitrogen functional groups attached to an aromatic ring is 1. The van der Waals surface area contributed by atoms with Gasteiger partial charge in [-0.2, -0.15) is 5.10 Å². The van der Waals surface area contributed by atoms with Gasteiger partial charge in [-0.05, 0) is 18.8 Å². The smallest absolute Gasteiger partial charge is 0.124 e. The quantitative estimate of drug-likeness (QED) is 0.661. The average molecular weight is 183 g/mol. The van der Waals surface area contributed by atoms with E-state index in [0.29, 0.717) is 17.3 Å². The first kappa shape index (κ1) is 10.1. The molecular weight excluding hydrogens is 166 g/mol. The lowest BCUT2D eigenvalue weighted by Gasteiger charge is -2.10. The van der Waals surface area contributed by atoms with Crippen molar-refractivity contribution >= 4 is 5.82 Å². The second-order valence-electron chi connectivity index (χ2n) is 3.73. The van der Waals surface area contributed by atoms with E-state index in [4.69, 9.17) is 5.73 Å². The summed E-state index contributed by atoms with van der Waals surface area (Å²) < 4.78 is 0. The van der Waals surface area contributed by atoms with Gasteiger partial charge >= 0.3 is 0 Å². The van der Waals surface area contributed by atoms with Crippen molar-refractivity contribution < 1.29 is 5.11 Å². The lowest BCUT2D eigenvalue weighted by Crippen LogP contribution is -2.01. The van der Waals surface area contributed by atoms with Crippen LogP contribution in [0.25, 0.3) is 0 Å². The third-order valence-corrected chi connectivity index (χ3v) is 2.08. The Labute approximate surface area is 78.2 Å². The van der Waals surface area contributed by atoms with Crippen LogP contribution in [-0.4, -0.2) is 15.3 Å². The summed E-state index contributed by atoms with van der Waals surface area (Å²) in [6.45, 7) is 4.26. The Balaban J connectivity index is 2.49. The van der Waals surface area contributed by atoms with Crippen molar-refractivity contribution in [2.75, 3.05) is 5.73 Å². The number of aliphatic hydroxyl groups is 1. The van der Waals surface area contributed by atoms with Crippen LogP contribution >= 0.6 is 0 Å². The summed E-state index contributed by atoms with van der Waals surface area (Å²) in [5.41, 5.74) is 6.28. The molecule has 0 aliphatic carbocycles. The minimum absolute atomic E-state index is 0.469. The van der Waals surface area contributed by atoms with Crippen molar-refractivity contribution in [3.8, 4) is 0 Å². The molecule has 1 aromatic rings. The van der Waals surface area contributed by atoms with Gasteiger partial charge in [-0.25, -0.2) is 0 Å². The molecule has 4 heteroatoms. The molecule has 1 atom stereocenters. The largest absolute Gasteiger partial charge is 0.388 e. The fourth-order valence-corrected chi connectivity index (χ4v) is 1.22. The Bertz CT molecular complexity index is 257. The molecule has 13 heavy (non-hydrogen) atoms. The second kappa shape index (κ2) is 4.28. The molecule has 1 rings (SSSR count). The maximum absolute atomic E-state index is 9.70. The van der Waals surface area contributed by atoms with E-state index in [9.17, 15) is 5.11 Å². The molecule has 0 bridgehead atoms. The number of nitrogens with two attached hydrogens (primary N) is 1. The molecule has 4 N–H and O–H groups in total. The van der Waals surface area contributed by atoms with Crippen molar-refractivity contribution in [1.82, 2.24) is 10.2 Å². The third kappa shape index (κ3) is 2.73. The van der Waals surface area contributed by atoms with Crippen LogP contribution in [0, 0.1) is 5.92 Å². The summed E-state index contributed by atoms with van der Waals surface area (Å²) in [4.78, 5) is 0.